The van der Waals surface area contributed by atoms with Gasteiger partial charge in [-0.05, 0) is 40.6 Å². The van der Waals surface area contributed by atoms with Crippen LogP contribution in [0.25, 0.3) is 0 Å². The van der Waals surface area contributed by atoms with E-state index in [1.807, 2.05) is 29.6 Å². The van der Waals surface area contributed by atoms with Crippen molar-refractivity contribution in [3.8, 4) is 0 Å². The monoisotopic (exact) mass is 352 g/mol. The van der Waals surface area contributed by atoms with E-state index in [0.717, 1.165) is 5.69 Å². The number of rotatable bonds is 4. The molecular weight excluding hydrogens is 332 g/mol. The zero-order valence-electron chi connectivity index (χ0n) is 14.4. The highest BCUT2D eigenvalue weighted by Gasteiger charge is 2.17. The Morgan fingerprint density at radius 1 is 0.960 bits per heavy atom. The first-order valence-electron chi connectivity index (χ1n) is 7.98. The van der Waals surface area contributed by atoms with Gasteiger partial charge in [0.25, 0.3) is 5.91 Å². The summed E-state index contributed by atoms with van der Waals surface area (Å²) in [4.78, 5) is 12.7. The molecule has 1 amide bonds. The molecular formula is C19H20N4OS. The predicted molar refractivity (Wildman–Crippen MR) is 103 cm³/mol. The van der Waals surface area contributed by atoms with Gasteiger partial charge in [-0.3, -0.25) is 4.79 Å². The summed E-state index contributed by atoms with van der Waals surface area (Å²) in [6.07, 6.45) is 0. The lowest BCUT2D eigenvalue weighted by molar-refractivity contribution is 0.103. The van der Waals surface area contributed by atoms with Gasteiger partial charge < -0.3 is 10.6 Å². The van der Waals surface area contributed by atoms with Gasteiger partial charge in [0.15, 0.2) is 11.6 Å². The minimum Gasteiger partial charge on any atom is -0.338 e. The summed E-state index contributed by atoms with van der Waals surface area (Å²) in [7, 11) is 0. The average Bonchev–Trinajstić information content (AvgIpc) is 3.11. The predicted octanol–water partition coefficient (Wildman–Crippen LogP) is 4.83. The molecule has 0 saturated carbocycles. The van der Waals surface area contributed by atoms with Crippen LogP contribution in [-0.4, -0.2) is 16.1 Å². The fourth-order valence-corrected chi connectivity index (χ4v) is 3.05. The van der Waals surface area contributed by atoms with E-state index in [9.17, 15) is 4.79 Å². The second-order valence-electron chi connectivity index (χ2n) is 6.66. The molecule has 1 aromatic carbocycles. The van der Waals surface area contributed by atoms with E-state index in [4.69, 9.17) is 0 Å². The molecule has 6 heteroatoms. The maximum absolute atomic E-state index is 12.0. The summed E-state index contributed by atoms with van der Waals surface area (Å²) < 4.78 is 0. The lowest BCUT2D eigenvalue weighted by Crippen LogP contribution is -2.14. The molecule has 0 radical (unpaired) electrons. The van der Waals surface area contributed by atoms with Crippen molar-refractivity contribution in [3.63, 3.8) is 0 Å². The smallest absolute Gasteiger partial charge is 0.266 e. The van der Waals surface area contributed by atoms with Crippen LogP contribution in [0.1, 0.15) is 36.0 Å². The number of nitrogens with zero attached hydrogens (tertiary/aromatic N) is 2. The Morgan fingerprint density at radius 3 is 2.32 bits per heavy atom. The molecule has 3 rings (SSSR count). The molecule has 3 aromatic rings. The Kier molecular flexibility index (Phi) is 4.81. The van der Waals surface area contributed by atoms with Crippen molar-refractivity contribution in [3.05, 3.63) is 64.4 Å². The first-order chi connectivity index (χ1) is 11.9. The minimum absolute atomic E-state index is 0.0195. The van der Waals surface area contributed by atoms with E-state index >= 15 is 0 Å². The third-order valence-electron chi connectivity index (χ3n) is 3.65. The Labute approximate surface area is 151 Å². The Bertz CT molecular complexity index is 852. The largest absolute Gasteiger partial charge is 0.338 e. The number of aromatic nitrogens is 2. The highest BCUT2D eigenvalue weighted by atomic mass is 32.1. The van der Waals surface area contributed by atoms with Crippen molar-refractivity contribution in [2.24, 2.45) is 0 Å². The van der Waals surface area contributed by atoms with Crippen LogP contribution in [0.5, 0.6) is 0 Å². The third kappa shape index (κ3) is 4.22. The van der Waals surface area contributed by atoms with Gasteiger partial charge in [0.2, 0.25) is 0 Å². The summed E-state index contributed by atoms with van der Waals surface area (Å²) in [6.45, 7) is 6.51. The molecule has 0 atom stereocenters. The summed E-state index contributed by atoms with van der Waals surface area (Å²) in [5, 5.41) is 16.1. The molecule has 25 heavy (non-hydrogen) atoms. The molecule has 0 aliphatic carbocycles. The number of benzene rings is 1. The normalized spacial score (nSPS) is 11.2. The van der Waals surface area contributed by atoms with Crippen LogP contribution < -0.4 is 10.6 Å². The number of hydrogen-bond acceptors (Lipinski definition) is 5. The molecule has 0 unspecified atom stereocenters. The Morgan fingerprint density at radius 2 is 1.68 bits per heavy atom. The van der Waals surface area contributed by atoms with Gasteiger partial charge >= 0.3 is 0 Å². The zero-order chi connectivity index (χ0) is 17.9. The van der Waals surface area contributed by atoms with Crippen LogP contribution in [0, 0.1) is 0 Å². The summed E-state index contributed by atoms with van der Waals surface area (Å²) in [6, 6.07) is 15.3. The quantitative estimate of drug-likeness (QED) is 0.705. The first-order valence-corrected chi connectivity index (χ1v) is 8.86. The topological polar surface area (TPSA) is 66.9 Å². The molecule has 0 spiro atoms. The molecule has 128 valence electrons. The molecule has 0 aliphatic heterocycles. The standard InChI is InChI=1S/C19H20N4OS/c1-19(2,3)13-7-4-5-8-14(13)20-16-10-11-17(23-22-16)21-18(24)15-9-6-12-25-15/h4-12H,1-3H3,(H,20,22)(H,21,23,24). The van der Waals surface area contributed by atoms with Crippen LogP contribution >= 0.6 is 11.3 Å². The molecule has 2 aromatic heterocycles. The van der Waals surface area contributed by atoms with Crippen LogP contribution in [0.3, 0.4) is 0 Å². The highest BCUT2D eigenvalue weighted by Crippen LogP contribution is 2.30. The maximum Gasteiger partial charge on any atom is 0.266 e. The minimum atomic E-state index is -0.178. The van der Waals surface area contributed by atoms with Crippen molar-refractivity contribution < 1.29 is 4.79 Å². The molecule has 0 fully saturated rings. The van der Waals surface area contributed by atoms with E-state index in [1.54, 1.807) is 18.2 Å². The third-order valence-corrected chi connectivity index (χ3v) is 4.52. The van der Waals surface area contributed by atoms with Gasteiger partial charge in [-0.25, -0.2) is 0 Å². The Balaban J connectivity index is 1.73. The molecule has 0 aliphatic rings. The summed E-state index contributed by atoms with van der Waals surface area (Å²) in [5.41, 5.74) is 2.22. The van der Waals surface area contributed by atoms with Gasteiger partial charge in [0.1, 0.15) is 0 Å². The number of carbonyl (C=O) groups excluding carboxylic acids is 1. The fraction of sp³-hybridized carbons (Fsp3) is 0.211. The van der Waals surface area contributed by atoms with Gasteiger partial charge in [0, 0.05) is 5.69 Å². The Hall–Kier alpha value is -2.73. The number of nitrogens with one attached hydrogen (secondary N) is 2. The second-order valence-corrected chi connectivity index (χ2v) is 7.60. The van der Waals surface area contributed by atoms with Gasteiger partial charge in [0.05, 0.1) is 4.88 Å². The number of anilines is 3. The number of hydrogen-bond donors (Lipinski definition) is 2. The fourth-order valence-electron chi connectivity index (χ4n) is 2.44. The average molecular weight is 352 g/mol. The molecule has 2 N–H and O–H groups in total. The lowest BCUT2D eigenvalue weighted by Gasteiger charge is -2.23. The van der Waals surface area contributed by atoms with E-state index in [1.165, 1.54) is 16.9 Å². The highest BCUT2D eigenvalue weighted by molar-refractivity contribution is 7.12. The lowest BCUT2D eigenvalue weighted by atomic mass is 9.86. The maximum atomic E-state index is 12.0. The summed E-state index contributed by atoms with van der Waals surface area (Å²) in [5.74, 6) is 0.877. The van der Waals surface area contributed by atoms with E-state index < -0.39 is 0 Å². The van der Waals surface area contributed by atoms with Gasteiger partial charge in [-0.1, -0.05) is 45.0 Å². The number of para-hydroxylation sites is 1. The number of thiophene rings is 1. The van der Waals surface area contributed by atoms with Gasteiger partial charge in [-0.15, -0.1) is 21.5 Å². The van der Waals surface area contributed by atoms with Crippen molar-refractivity contribution in [2.75, 3.05) is 10.6 Å². The first kappa shape index (κ1) is 17.1. The van der Waals surface area contributed by atoms with Crippen LogP contribution in [0.15, 0.2) is 53.9 Å². The molecule has 2 heterocycles. The molecule has 0 saturated heterocycles. The van der Waals surface area contributed by atoms with Gasteiger partial charge in [-0.2, -0.15) is 0 Å². The molecule has 5 nitrogen and oxygen atoms in total. The number of carbonyl (C=O) groups is 1. The van der Waals surface area contributed by atoms with Crippen molar-refractivity contribution in [1.29, 1.82) is 0 Å². The van der Waals surface area contributed by atoms with Crippen molar-refractivity contribution in [1.82, 2.24) is 10.2 Å². The number of amides is 1. The van der Waals surface area contributed by atoms with E-state index in [0.29, 0.717) is 16.5 Å². The zero-order valence-corrected chi connectivity index (χ0v) is 15.2. The SMILES string of the molecule is CC(C)(C)c1ccccc1Nc1ccc(NC(=O)c2cccs2)nn1. The van der Waals surface area contributed by atoms with Crippen LogP contribution in [0.4, 0.5) is 17.3 Å². The molecule has 0 bridgehead atoms. The van der Waals surface area contributed by atoms with Crippen LogP contribution in [0.2, 0.25) is 0 Å². The summed E-state index contributed by atoms with van der Waals surface area (Å²) >= 11 is 1.39. The second kappa shape index (κ2) is 7.03. The van der Waals surface area contributed by atoms with E-state index in [2.05, 4.69) is 47.7 Å². The van der Waals surface area contributed by atoms with Crippen molar-refractivity contribution >= 4 is 34.6 Å². The van der Waals surface area contributed by atoms with Crippen molar-refractivity contribution in [2.45, 2.75) is 26.2 Å². The van der Waals surface area contributed by atoms with E-state index in [-0.39, 0.29) is 11.3 Å². The van der Waals surface area contributed by atoms with Crippen LogP contribution in [-0.2, 0) is 5.41 Å².